The van der Waals surface area contributed by atoms with Crippen molar-refractivity contribution in [2.24, 2.45) is 0 Å². The van der Waals surface area contributed by atoms with Gasteiger partial charge in [0.05, 0.1) is 5.52 Å². The zero-order chi connectivity index (χ0) is 14.4. The summed E-state index contributed by atoms with van der Waals surface area (Å²) >= 11 is 5.12. The molecule has 2 aromatic heterocycles. The van der Waals surface area contributed by atoms with Gasteiger partial charge in [0, 0.05) is 16.6 Å². The van der Waals surface area contributed by atoms with Crippen molar-refractivity contribution in [1.82, 2.24) is 20.2 Å². The molecule has 0 bridgehead atoms. The van der Waals surface area contributed by atoms with Crippen molar-refractivity contribution in [2.75, 3.05) is 0 Å². The minimum atomic E-state index is 0.493. The average molecular weight is 296 g/mol. The molecule has 5 heteroatoms. The van der Waals surface area contributed by atoms with E-state index in [0.717, 1.165) is 29.6 Å². The van der Waals surface area contributed by atoms with Crippen LogP contribution in [-0.2, 0) is 12.8 Å². The fourth-order valence-electron chi connectivity index (χ4n) is 3.20. The van der Waals surface area contributed by atoms with Crippen LogP contribution in [0.3, 0.4) is 0 Å². The van der Waals surface area contributed by atoms with Crippen molar-refractivity contribution in [2.45, 2.75) is 32.6 Å². The molecule has 1 aromatic carbocycles. The van der Waals surface area contributed by atoms with Gasteiger partial charge >= 0.3 is 0 Å². The van der Waals surface area contributed by atoms with Gasteiger partial charge in [-0.3, -0.25) is 15.2 Å². The Morgan fingerprint density at radius 1 is 1.10 bits per heavy atom. The van der Waals surface area contributed by atoms with Gasteiger partial charge in [0.2, 0.25) is 4.77 Å². The number of benzene rings is 1. The number of rotatable bonds is 1. The van der Waals surface area contributed by atoms with Crippen LogP contribution in [0, 0.1) is 11.7 Å². The summed E-state index contributed by atoms with van der Waals surface area (Å²) in [5, 5.41) is 7.19. The average Bonchev–Trinajstić information content (AvgIpc) is 2.91. The zero-order valence-corrected chi connectivity index (χ0v) is 12.7. The van der Waals surface area contributed by atoms with Gasteiger partial charge in [-0.15, -0.1) is 0 Å². The van der Waals surface area contributed by atoms with E-state index < -0.39 is 0 Å². The van der Waals surface area contributed by atoms with E-state index >= 15 is 0 Å². The Labute approximate surface area is 127 Å². The largest absolute Gasteiger partial charge is 0.282 e. The number of hydrogen-bond donors (Lipinski definition) is 2. The fourth-order valence-corrected chi connectivity index (χ4v) is 3.34. The summed E-state index contributed by atoms with van der Waals surface area (Å²) in [6, 6.07) is 6.41. The molecule has 0 fully saturated rings. The highest BCUT2D eigenvalue weighted by Crippen LogP contribution is 2.35. The summed E-state index contributed by atoms with van der Waals surface area (Å²) in [5.74, 6) is 0.830. The van der Waals surface area contributed by atoms with Crippen molar-refractivity contribution in [3.8, 4) is 11.4 Å². The lowest BCUT2D eigenvalue weighted by Crippen LogP contribution is -2.08. The van der Waals surface area contributed by atoms with Crippen LogP contribution in [0.2, 0.25) is 0 Å². The van der Waals surface area contributed by atoms with Crippen LogP contribution in [0.5, 0.6) is 0 Å². The van der Waals surface area contributed by atoms with Crippen LogP contribution >= 0.6 is 12.2 Å². The molecule has 4 rings (SSSR count). The SMILES string of the molecule is Cc1ccc2nc3c(c(-c4nc(=S)[nH][nH]4)c2c1)CCCC3. The van der Waals surface area contributed by atoms with E-state index in [4.69, 9.17) is 17.2 Å². The van der Waals surface area contributed by atoms with Crippen LogP contribution in [0.25, 0.3) is 22.3 Å². The van der Waals surface area contributed by atoms with Gasteiger partial charge in [-0.2, -0.15) is 4.98 Å². The summed E-state index contributed by atoms with van der Waals surface area (Å²) in [7, 11) is 0. The Balaban J connectivity index is 2.13. The lowest BCUT2D eigenvalue weighted by molar-refractivity contribution is 0.672. The summed E-state index contributed by atoms with van der Waals surface area (Å²) in [5.41, 5.74) is 5.99. The Morgan fingerprint density at radius 3 is 2.76 bits per heavy atom. The molecule has 1 aliphatic rings. The van der Waals surface area contributed by atoms with Gasteiger partial charge in [-0.05, 0) is 62.5 Å². The number of H-pyrrole nitrogens is 2. The van der Waals surface area contributed by atoms with Crippen LogP contribution < -0.4 is 0 Å². The predicted octanol–water partition coefficient (Wildman–Crippen LogP) is 3.87. The first-order valence-electron chi connectivity index (χ1n) is 7.29. The minimum Gasteiger partial charge on any atom is -0.282 e. The molecule has 21 heavy (non-hydrogen) atoms. The van der Waals surface area contributed by atoms with E-state index in [1.54, 1.807) is 0 Å². The molecular weight excluding hydrogens is 280 g/mol. The van der Waals surface area contributed by atoms with E-state index in [0.29, 0.717) is 4.77 Å². The zero-order valence-electron chi connectivity index (χ0n) is 11.9. The molecule has 3 aromatic rings. The molecule has 0 aliphatic heterocycles. The van der Waals surface area contributed by atoms with Crippen LogP contribution in [-0.4, -0.2) is 20.2 Å². The molecule has 1 aliphatic carbocycles. The molecule has 0 radical (unpaired) electrons. The lowest BCUT2D eigenvalue weighted by Gasteiger charge is -2.19. The standard InChI is InChI=1S/C16H16N4S/c1-9-6-7-13-11(8-9)14(15-18-16(21)20-19-15)10-4-2-3-5-12(10)17-13/h6-8H,2-5H2,1H3,(H2,18,19,20,21). The number of nitrogens with zero attached hydrogens (tertiary/aromatic N) is 2. The van der Waals surface area contributed by atoms with Gasteiger partial charge < -0.3 is 0 Å². The number of hydrogen-bond acceptors (Lipinski definition) is 3. The molecule has 2 heterocycles. The van der Waals surface area contributed by atoms with E-state index in [9.17, 15) is 0 Å². The summed E-state index contributed by atoms with van der Waals surface area (Å²) in [6.07, 6.45) is 4.55. The predicted molar refractivity (Wildman–Crippen MR) is 85.9 cm³/mol. The highest BCUT2D eigenvalue weighted by molar-refractivity contribution is 7.71. The van der Waals surface area contributed by atoms with E-state index in [2.05, 4.69) is 40.3 Å². The van der Waals surface area contributed by atoms with E-state index in [1.165, 1.54) is 35.2 Å². The molecule has 2 N–H and O–H groups in total. The third-order valence-electron chi connectivity index (χ3n) is 4.16. The minimum absolute atomic E-state index is 0.493. The Bertz CT molecular complexity index is 891. The molecule has 106 valence electrons. The maximum Gasteiger partial charge on any atom is 0.213 e. The number of aryl methyl sites for hydroxylation is 2. The summed E-state index contributed by atoms with van der Waals surface area (Å²) < 4.78 is 0.493. The van der Waals surface area contributed by atoms with Gasteiger partial charge in [0.25, 0.3) is 0 Å². The van der Waals surface area contributed by atoms with E-state index in [-0.39, 0.29) is 0 Å². The van der Waals surface area contributed by atoms with Gasteiger partial charge in [-0.1, -0.05) is 11.6 Å². The Kier molecular flexibility index (Phi) is 2.89. The fraction of sp³-hybridized carbons (Fsp3) is 0.312. The first-order chi connectivity index (χ1) is 10.2. The normalized spacial score (nSPS) is 14.3. The number of pyridine rings is 1. The van der Waals surface area contributed by atoms with Crippen LogP contribution in [0.1, 0.15) is 29.7 Å². The number of aromatic nitrogens is 4. The van der Waals surface area contributed by atoms with Crippen LogP contribution in [0.4, 0.5) is 0 Å². The van der Waals surface area contributed by atoms with Crippen molar-refractivity contribution < 1.29 is 0 Å². The highest BCUT2D eigenvalue weighted by Gasteiger charge is 2.20. The van der Waals surface area contributed by atoms with Crippen LogP contribution in [0.15, 0.2) is 18.2 Å². The molecule has 0 unspecified atom stereocenters. The summed E-state index contributed by atoms with van der Waals surface area (Å²) in [4.78, 5) is 9.32. The van der Waals surface area contributed by atoms with E-state index in [1.807, 2.05) is 0 Å². The third kappa shape index (κ3) is 2.08. The second-order valence-electron chi connectivity index (χ2n) is 5.66. The quantitative estimate of drug-likeness (QED) is 0.670. The molecule has 4 nitrogen and oxygen atoms in total. The van der Waals surface area contributed by atoms with Crippen molar-refractivity contribution in [3.05, 3.63) is 39.8 Å². The second kappa shape index (κ2) is 4.77. The number of aromatic amines is 2. The van der Waals surface area contributed by atoms with Gasteiger partial charge in [0.15, 0.2) is 5.82 Å². The Hall–Kier alpha value is -2.01. The molecule has 0 saturated carbocycles. The van der Waals surface area contributed by atoms with Gasteiger partial charge in [-0.25, -0.2) is 0 Å². The maximum absolute atomic E-state index is 5.12. The molecule has 0 atom stereocenters. The third-order valence-corrected chi connectivity index (χ3v) is 4.35. The topological polar surface area (TPSA) is 57.4 Å². The van der Waals surface area contributed by atoms with Crippen molar-refractivity contribution in [3.63, 3.8) is 0 Å². The molecule has 0 amide bonds. The number of nitrogens with one attached hydrogen (secondary N) is 2. The monoisotopic (exact) mass is 296 g/mol. The van der Waals surface area contributed by atoms with Crippen molar-refractivity contribution >= 4 is 23.1 Å². The smallest absolute Gasteiger partial charge is 0.213 e. The second-order valence-corrected chi connectivity index (χ2v) is 6.04. The maximum atomic E-state index is 5.12. The number of fused-ring (bicyclic) bond motifs is 2. The van der Waals surface area contributed by atoms with Crippen molar-refractivity contribution in [1.29, 1.82) is 0 Å². The lowest BCUT2D eigenvalue weighted by atomic mass is 9.89. The van der Waals surface area contributed by atoms with Gasteiger partial charge in [0.1, 0.15) is 0 Å². The molecule has 0 spiro atoms. The highest BCUT2D eigenvalue weighted by atomic mass is 32.1. The molecular formula is C16H16N4S. The molecule has 0 saturated heterocycles. The Morgan fingerprint density at radius 2 is 1.95 bits per heavy atom. The first kappa shape index (κ1) is 12.7. The summed E-state index contributed by atoms with van der Waals surface area (Å²) in [6.45, 7) is 2.11. The first-order valence-corrected chi connectivity index (χ1v) is 7.70.